The van der Waals surface area contributed by atoms with Crippen LogP contribution in [0.3, 0.4) is 0 Å². The quantitative estimate of drug-likeness (QED) is 0.730. The van der Waals surface area contributed by atoms with E-state index in [2.05, 4.69) is 38.2 Å². The van der Waals surface area contributed by atoms with Crippen LogP contribution in [0.4, 0.5) is 5.13 Å². The van der Waals surface area contributed by atoms with E-state index in [1.165, 1.54) is 12.7 Å². The summed E-state index contributed by atoms with van der Waals surface area (Å²) in [7, 11) is 3.28. The second-order valence-electron chi connectivity index (χ2n) is 5.06. The van der Waals surface area contributed by atoms with Gasteiger partial charge in [-0.25, -0.2) is 14.8 Å². The number of imidazole rings is 1. The van der Waals surface area contributed by atoms with Crippen LogP contribution in [0, 0.1) is 6.92 Å². The van der Waals surface area contributed by atoms with E-state index >= 15 is 0 Å². The molecule has 0 aliphatic heterocycles. The first kappa shape index (κ1) is 15.8. The molecule has 0 unspecified atom stereocenters. The monoisotopic (exact) mass is 350 g/mol. The molecule has 1 aromatic carbocycles. The van der Waals surface area contributed by atoms with Crippen molar-refractivity contribution in [3.8, 4) is 0 Å². The van der Waals surface area contributed by atoms with E-state index in [-0.39, 0.29) is 10.0 Å². The Kier molecular flexibility index (Phi) is 4.23. The van der Waals surface area contributed by atoms with Gasteiger partial charge in [0, 0.05) is 7.05 Å². The average Bonchev–Trinajstić information content (AvgIpc) is 3.04. The first-order valence-electron chi connectivity index (χ1n) is 6.90. The summed E-state index contributed by atoms with van der Waals surface area (Å²) < 4.78 is 6.69. The Morgan fingerprint density at radius 3 is 2.96 bits per heavy atom. The van der Waals surface area contributed by atoms with Gasteiger partial charge in [-0.2, -0.15) is 0 Å². The Bertz CT molecular complexity index is 887. The van der Waals surface area contributed by atoms with Crippen LogP contribution in [0.5, 0.6) is 0 Å². The van der Waals surface area contributed by atoms with Gasteiger partial charge in [-0.3, -0.25) is 0 Å². The number of halogens is 1. The molecule has 3 aromatic rings. The summed E-state index contributed by atoms with van der Waals surface area (Å²) in [6, 6.07) is 6.16. The van der Waals surface area contributed by atoms with Crippen LogP contribution in [0.15, 0.2) is 18.2 Å². The number of benzene rings is 1. The van der Waals surface area contributed by atoms with Crippen LogP contribution >= 0.6 is 22.9 Å². The summed E-state index contributed by atoms with van der Waals surface area (Å²) in [6.07, 6.45) is 0. The number of fused-ring (bicyclic) bond motifs is 1. The highest BCUT2D eigenvalue weighted by Crippen LogP contribution is 2.28. The molecule has 8 heteroatoms. The van der Waals surface area contributed by atoms with E-state index in [4.69, 9.17) is 11.6 Å². The molecule has 0 radical (unpaired) electrons. The number of aryl methyl sites for hydroxylation is 2. The molecule has 0 saturated heterocycles. The maximum atomic E-state index is 11.5. The number of thiazole rings is 1. The van der Waals surface area contributed by atoms with Gasteiger partial charge >= 0.3 is 5.97 Å². The van der Waals surface area contributed by atoms with Crippen LogP contribution in [-0.4, -0.2) is 27.6 Å². The van der Waals surface area contributed by atoms with Crippen molar-refractivity contribution in [3.63, 3.8) is 0 Å². The van der Waals surface area contributed by atoms with Gasteiger partial charge in [-0.05, 0) is 24.6 Å². The first-order valence-corrected chi connectivity index (χ1v) is 8.09. The van der Waals surface area contributed by atoms with Crippen molar-refractivity contribution in [2.75, 3.05) is 12.4 Å². The summed E-state index contributed by atoms with van der Waals surface area (Å²) in [4.78, 5) is 20.6. The number of nitrogens with zero attached hydrogens (tertiary/aromatic N) is 3. The molecule has 3 rings (SSSR count). The van der Waals surface area contributed by atoms with Gasteiger partial charge in [0.15, 0.2) is 15.2 Å². The molecule has 2 aromatic heterocycles. The normalized spacial score (nSPS) is 11.0. The molecule has 0 saturated carbocycles. The van der Waals surface area contributed by atoms with Crippen LogP contribution in [0.1, 0.15) is 21.1 Å². The van der Waals surface area contributed by atoms with Crippen molar-refractivity contribution in [1.82, 2.24) is 14.5 Å². The molecule has 120 valence electrons. The maximum Gasteiger partial charge on any atom is 0.351 e. The topological polar surface area (TPSA) is 69.0 Å². The SMILES string of the molecule is COC(=O)c1sc(NCc2nc3cc(C)ccc3n2C)nc1Cl. The second kappa shape index (κ2) is 6.17. The number of nitrogens with one attached hydrogen (secondary N) is 1. The van der Waals surface area contributed by atoms with Gasteiger partial charge in [-0.1, -0.05) is 29.0 Å². The lowest BCUT2D eigenvalue weighted by atomic mass is 10.2. The fourth-order valence-corrected chi connectivity index (χ4v) is 3.37. The standard InChI is InChI=1S/C15H15ClN4O2S/c1-8-4-5-10-9(6-8)18-11(20(10)2)7-17-15-19-13(16)12(23-15)14(21)22-3/h4-6H,7H2,1-3H3,(H,17,19). The molecular weight excluding hydrogens is 336 g/mol. The molecule has 0 bridgehead atoms. The Balaban J connectivity index is 1.81. The fourth-order valence-electron chi connectivity index (χ4n) is 2.27. The number of aromatic nitrogens is 3. The van der Waals surface area contributed by atoms with Crippen molar-refractivity contribution < 1.29 is 9.53 Å². The molecule has 23 heavy (non-hydrogen) atoms. The number of carbonyl (C=O) groups is 1. The van der Waals surface area contributed by atoms with E-state index in [1.54, 1.807) is 0 Å². The van der Waals surface area contributed by atoms with Gasteiger partial charge in [0.05, 0.1) is 24.7 Å². The van der Waals surface area contributed by atoms with E-state index in [1.807, 2.05) is 18.5 Å². The van der Waals surface area contributed by atoms with Gasteiger partial charge in [0.25, 0.3) is 0 Å². The van der Waals surface area contributed by atoms with E-state index in [9.17, 15) is 4.79 Å². The van der Waals surface area contributed by atoms with Crippen molar-refractivity contribution in [2.45, 2.75) is 13.5 Å². The number of hydrogen-bond acceptors (Lipinski definition) is 6. The Morgan fingerprint density at radius 1 is 1.43 bits per heavy atom. The van der Waals surface area contributed by atoms with Gasteiger partial charge in [0.1, 0.15) is 5.82 Å². The molecule has 0 fully saturated rings. The molecule has 6 nitrogen and oxygen atoms in total. The minimum absolute atomic E-state index is 0.143. The molecule has 0 aliphatic carbocycles. The first-order chi connectivity index (χ1) is 11.0. The number of rotatable bonds is 4. The minimum atomic E-state index is -0.487. The third kappa shape index (κ3) is 3.02. The third-order valence-corrected chi connectivity index (χ3v) is 4.86. The lowest BCUT2D eigenvalue weighted by Gasteiger charge is -2.03. The van der Waals surface area contributed by atoms with Gasteiger partial charge in [-0.15, -0.1) is 0 Å². The molecule has 0 atom stereocenters. The van der Waals surface area contributed by atoms with Crippen LogP contribution in [0.25, 0.3) is 11.0 Å². The average molecular weight is 351 g/mol. The van der Waals surface area contributed by atoms with Crippen molar-refractivity contribution >= 4 is 45.1 Å². The predicted molar refractivity (Wildman–Crippen MR) is 91.2 cm³/mol. The highest BCUT2D eigenvalue weighted by Gasteiger charge is 2.17. The zero-order valence-electron chi connectivity index (χ0n) is 12.9. The van der Waals surface area contributed by atoms with Crippen LogP contribution < -0.4 is 5.32 Å². The minimum Gasteiger partial charge on any atom is -0.465 e. The lowest BCUT2D eigenvalue weighted by molar-refractivity contribution is 0.0606. The largest absolute Gasteiger partial charge is 0.465 e. The van der Waals surface area contributed by atoms with E-state index < -0.39 is 5.97 Å². The maximum absolute atomic E-state index is 11.5. The number of esters is 1. The Labute approximate surface area is 142 Å². The smallest absolute Gasteiger partial charge is 0.351 e. The summed E-state index contributed by atoms with van der Waals surface area (Å²) in [5.41, 5.74) is 3.20. The number of methoxy groups -OCH3 is 1. The van der Waals surface area contributed by atoms with Crippen LogP contribution in [0.2, 0.25) is 5.15 Å². The predicted octanol–water partition coefficient (Wildman–Crippen LogP) is 3.39. The third-order valence-electron chi connectivity index (χ3n) is 3.48. The lowest BCUT2D eigenvalue weighted by Crippen LogP contribution is -2.05. The molecule has 1 N–H and O–H groups in total. The Hall–Kier alpha value is -2.12. The fraction of sp³-hybridized carbons (Fsp3) is 0.267. The number of ether oxygens (including phenoxy) is 1. The second-order valence-corrected chi connectivity index (χ2v) is 6.42. The zero-order chi connectivity index (χ0) is 16.6. The summed E-state index contributed by atoms with van der Waals surface area (Å²) in [5, 5.41) is 3.85. The molecular formula is C15H15ClN4O2S. The summed E-state index contributed by atoms with van der Waals surface area (Å²) >= 11 is 7.11. The number of anilines is 1. The zero-order valence-corrected chi connectivity index (χ0v) is 14.5. The van der Waals surface area contributed by atoms with Crippen molar-refractivity contribution in [1.29, 1.82) is 0 Å². The number of carbonyl (C=O) groups excluding carboxylic acids is 1. The molecule has 0 spiro atoms. The van der Waals surface area contributed by atoms with E-state index in [0.717, 1.165) is 28.2 Å². The van der Waals surface area contributed by atoms with Crippen LogP contribution in [-0.2, 0) is 18.3 Å². The van der Waals surface area contributed by atoms with Gasteiger partial charge in [0.2, 0.25) is 0 Å². The molecule has 2 heterocycles. The van der Waals surface area contributed by atoms with Crippen molar-refractivity contribution in [3.05, 3.63) is 39.6 Å². The van der Waals surface area contributed by atoms with Gasteiger partial charge < -0.3 is 14.6 Å². The summed E-state index contributed by atoms with van der Waals surface area (Å²) in [5.74, 6) is 0.385. The highest BCUT2D eigenvalue weighted by molar-refractivity contribution is 7.18. The van der Waals surface area contributed by atoms with Crippen molar-refractivity contribution in [2.24, 2.45) is 7.05 Å². The summed E-state index contributed by atoms with van der Waals surface area (Å²) in [6.45, 7) is 2.52. The molecule has 0 aliphatic rings. The van der Waals surface area contributed by atoms with E-state index in [0.29, 0.717) is 11.7 Å². The number of hydrogen-bond donors (Lipinski definition) is 1. The molecule has 0 amide bonds. The highest BCUT2D eigenvalue weighted by atomic mass is 35.5. The Morgan fingerprint density at radius 2 is 2.22 bits per heavy atom.